The van der Waals surface area contributed by atoms with Gasteiger partial charge in [0.1, 0.15) is 0 Å². The van der Waals surface area contributed by atoms with Crippen LogP contribution in [0.2, 0.25) is 0 Å². The fourth-order valence-electron chi connectivity index (χ4n) is 10.2. The summed E-state index contributed by atoms with van der Waals surface area (Å²) in [7, 11) is 0. The summed E-state index contributed by atoms with van der Waals surface area (Å²) in [6, 6.07) is 12.3. The molecule has 0 fully saturated rings. The van der Waals surface area contributed by atoms with Gasteiger partial charge in [-0.1, -0.05) is 149 Å². The molecule has 2 heteroatoms. The van der Waals surface area contributed by atoms with Gasteiger partial charge in [-0.25, -0.2) is 0 Å². The molecule has 58 heavy (non-hydrogen) atoms. The van der Waals surface area contributed by atoms with Crippen LogP contribution in [0.3, 0.4) is 0 Å². The molecular weight excluding hydrogens is 701 g/mol. The molecule has 7 aliphatic rings. The van der Waals surface area contributed by atoms with Crippen molar-refractivity contribution in [3.05, 3.63) is 97.6 Å². The van der Waals surface area contributed by atoms with E-state index in [4.69, 9.17) is 0 Å². The average Bonchev–Trinajstić information content (AvgIpc) is 3.91. The monoisotopic (exact) mass is 791 g/mol. The van der Waals surface area contributed by atoms with E-state index in [1.54, 1.807) is 78.2 Å². The fraction of sp³-hybridized carbons (Fsp3) is 0.607. The van der Waals surface area contributed by atoms with E-state index in [2.05, 4.69) is 87.8 Å². The van der Waals surface area contributed by atoms with E-state index in [1.165, 1.54) is 102 Å². The summed E-state index contributed by atoms with van der Waals surface area (Å²) in [6.07, 6.45) is 16.5. The zero-order valence-corrected chi connectivity index (χ0v) is 38.0. The molecule has 4 aliphatic heterocycles. The zero-order valence-electron chi connectivity index (χ0n) is 38.0. The Morgan fingerprint density at radius 1 is 0.448 bits per heavy atom. The molecule has 0 saturated heterocycles. The van der Waals surface area contributed by atoms with Crippen LogP contribution in [-0.4, -0.2) is 26.2 Å². The van der Waals surface area contributed by atoms with Gasteiger partial charge in [0.2, 0.25) is 0 Å². The van der Waals surface area contributed by atoms with Gasteiger partial charge in [-0.3, -0.25) is 0 Å². The molecule has 0 atom stereocenters. The van der Waals surface area contributed by atoms with Gasteiger partial charge in [-0.2, -0.15) is 0 Å². The summed E-state index contributed by atoms with van der Waals surface area (Å²) in [5.41, 5.74) is 26.4. The number of anilines is 2. The molecule has 10 rings (SSSR count). The highest BCUT2D eigenvalue weighted by atomic mass is 15.1. The Labute approximate surface area is 361 Å². The summed E-state index contributed by atoms with van der Waals surface area (Å²) < 4.78 is 0. The number of benzene rings is 3. The van der Waals surface area contributed by atoms with Crippen LogP contribution in [0.4, 0.5) is 11.4 Å². The zero-order chi connectivity index (χ0) is 40.2. The van der Waals surface area contributed by atoms with Gasteiger partial charge in [0, 0.05) is 37.6 Å². The lowest BCUT2D eigenvalue weighted by Crippen LogP contribution is -2.35. The van der Waals surface area contributed by atoms with E-state index >= 15 is 0 Å². The van der Waals surface area contributed by atoms with Crippen molar-refractivity contribution >= 4 is 16.9 Å². The summed E-state index contributed by atoms with van der Waals surface area (Å²) in [5, 5.41) is 0. The van der Waals surface area contributed by atoms with E-state index in [-0.39, 0.29) is 27.7 Å². The first kappa shape index (κ1) is 50.9. The van der Waals surface area contributed by atoms with E-state index in [0.717, 1.165) is 6.42 Å². The van der Waals surface area contributed by atoms with Gasteiger partial charge < -0.3 is 9.80 Å². The SMILES string of the molecule is C.C.C.CC.CC.CC.CC.CC(C)(C)C1=CC2=C(C1)c1cc3c4c(c1C2)CCCN4CCC3.CC(C)(C)c1ccc2c(c1)Cc1c-2cc2c3c1CCCN3CCC2. The standard InChI is InChI=1S/C23H27N.C22H27N.4C2H6.3CH4/c1-23(2,3)17-8-9-18-16(12-17)14-21-19-7-5-11-24-10-4-6-15(22(19)24)13-20(18)21;1-22(2,3)16-10-15-12-19-17-7-5-9-23-8-4-6-14(21(17)23)11-20(19)18(15)13-16;4*1-2;;;/h8-9,12-13H,4-7,10-11,14H2,1-3H3;10-11H,4-9,12-13H2,1-3H3;4*1-2H3;3*1H4. The van der Waals surface area contributed by atoms with Crippen molar-refractivity contribution in [1.29, 1.82) is 0 Å². The Balaban J connectivity index is 0.000000328. The van der Waals surface area contributed by atoms with Crippen molar-refractivity contribution in [3.8, 4) is 11.1 Å². The number of allylic oxidation sites excluding steroid dienone is 4. The minimum absolute atomic E-state index is 0. The Morgan fingerprint density at radius 2 is 0.914 bits per heavy atom. The number of fused-ring (bicyclic) bond motifs is 7. The number of aryl methyl sites for hydroxylation is 2. The molecule has 0 amide bonds. The number of hydrogen-bond acceptors (Lipinski definition) is 2. The largest absolute Gasteiger partial charge is 0.371 e. The van der Waals surface area contributed by atoms with Crippen molar-refractivity contribution in [2.45, 2.75) is 195 Å². The highest BCUT2D eigenvalue weighted by Gasteiger charge is 2.36. The van der Waals surface area contributed by atoms with Crippen LogP contribution < -0.4 is 9.80 Å². The molecule has 3 aromatic carbocycles. The summed E-state index contributed by atoms with van der Waals surface area (Å²) in [5.74, 6) is 0. The Kier molecular flexibility index (Phi) is 18.7. The minimum atomic E-state index is 0. The second-order valence-corrected chi connectivity index (χ2v) is 17.7. The number of rotatable bonds is 0. The van der Waals surface area contributed by atoms with Gasteiger partial charge in [-0.15, -0.1) is 0 Å². The van der Waals surface area contributed by atoms with E-state index in [0.29, 0.717) is 5.41 Å². The smallest absolute Gasteiger partial charge is 0.0434 e. The van der Waals surface area contributed by atoms with Crippen molar-refractivity contribution < 1.29 is 0 Å². The quantitative estimate of drug-likeness (QED) is 0.175. The van der Waals surface area contributed by atoms with Gasteiger partial charge in [0.05, 0.1) is 0 Å². The molecule has 0 saturated carbocycles. The maximum atomic E-state index is 2.68. The minimum Gasteiger partial charge on any atom is -0.371 e. The van der Waals surface area contributed by atoms with Crippen LogP contribution in [0.15, 0.2) is 47.6 Å². The fourth-order valence-corrected chi connectivity index (χ4v) is 10.2. The average molecular weight is 791 g/mol. The first-order valence-corrected chi connectivity index (χ1v) is 23.0. The van der Waals surface area contributed by atoms with Gasteiger partial charge in [0.25, 0.3) is 0 Å². The lowest BCUT2D eigenvalue weighted by Gasteiger charge is -2.38. The maximum Gasteiger partial charge on any atom is 0.0434 e. The highest BCUT2D eigenvalue weighted by Crippen LogP contribution is 2.51. The van der Waals surface area contributed by atoms with Crippen molar-refractivity contribution in [3.63, 3.8) is 0 Å². The van der Waals surface area contributed by atoms with Gasteiger partial charge in [0.15, 0.2) is 0 Å². The molecule has 2 nitrogen and oxygen atoms in total. The van der Waals surface area contributed by atoms with Gasteiger partial charge >= 0.3 is 0 Å². The molecule has 3 aliphatic carbocycles. The topological polar surface area (TPSA) is 6.48 Å². The predicted octanol–water partition coefficient (Wildman–Crippen LogP) is 16.3. The Morgan fingerprint density at radius 3 is 1.40 bits per heavy atom. The summed E-state index contributed by atoms with van der Waals surface area (Å²) >= 11 is 0. The van der Waals surface area contributed by atoms with Crippen LogP contribution in [-0.2, 0) is 43.9 Å². The van der Waals surface area contributed by atoms with Crippen molar-refractivity contribution in [2.75, 3.05) is 36.0 Å². The highest BCUT2D eigenvalue weighted by molar-refractivity contribution is 5.87. The summed E-state index contributed by atoms with van der Waals surface area (Å²) in [6.45, 7) is 35.1. The molecule has 4 heterocycles. The third-order valence-corrected chi connectivity index (χ3v) is 12.7. The van der Waals surface area contributed by atoms with E-state index in [1.807, 2.05) is 55.4 Å². The maximum absolute atomic E-state index is 2.68. The van der Waals surface area contributed by atoms with Gasteiger partial charge in [-0.05, 0) is 166 Å². The van der Waals surface area contributed by atoms with Crippen LogP contribution in [0.5, 0.6) is 0 Å². The van der Waals surface area contributed by atoms with E-state index in [9.17, 15) is 0 Å². The number of nitrogens with zero attached hydrogens (tertiary/aromatic N) is 2. The second kappa shape index (κ2) is 21.3. The van der Waals surface area contributed by atoms with Crippen LogP contribution in [0.25, 0.3) is 16.7 Å². The Bertz CT molecular complexity index is 1880. The molecule has 0 bridgehead atoms. The second-order valence-electron chi connectivity index (χ2n) is 17.7. The predicted molar refractivity (Wildman–Crippen MR) is 266 cm³/mol. The normalized spacial score (nSPS) is 16.7. The molecule has 0 aromatic heterocycles. The molecular formula is C56H90N2. The molecule has 0 radical (unpaired) electrons. The molecule has 0 spiro atoms. The first-order valence-electron chi connectivity index (χ1n) is 23.0. The van der Waals surface area contributed by atoms with Crippen LogP contribution in [0, 0.1) is 5.41 Å². The summed E-state index contributed by atoms with van der Waals surface area (Å²) in [4.78, 5) is 5.35. The van der Waals surface area contributed by atoms with Crippen molar-refractivity contribution in [2.24, 2.45) is 5.41 Å². The lowest BCUT2D eigenvalue weighted by atomic mass is 9.81. The Hall–Kier alpha value is -3.26. The lowest BCUT2D eigenvalue weighted by molar-refractivity contribution is 0.497. The third-order valence-electron chi connectivity index (χ3n) is 12.7. The van der Waals surface area contributed by atoms with Crippen LogP contribution in [0.1, 0.15) is 201 Å². The first-order chi connectivity index (χ1) is 26.5. The molecule has 0 unspecified atom stereocenters. The van der Waals surface area contributed by atoms with Crippen LogP contribution >= 0.6 is 0 Å². The van der Waals surface area contributed by atoms with Crippen molar-refractivity contribution in [1.82, 2.24) is 0 Å². The molecule has 324 valence electrons. The molecule has 0 N–H and O–H groups in total. The third kappa shape index (κ3) is 9.53. The number of hydrogen-bond donors (Lipinski definition) is 0. The van der Waals surface area contributed by atoms with E-state index < -0.39 is 0 Å². The molecule has 3 aromatic rings.